The van der Waals surface area contributed by atoms with E-state index in [2.05, 4.69) is 4.99 Å². The molecule has 4 aliphatic rings. The number of aliphatic imine (C=N–C) groups is 2. The highest BCUT2D eigenvalue weighted by atomic mass is 32.2. The van der Waals surface area contributed by atoms with Crippen molar-refractivity contribution in [2.24, 2.45) is 15.4 Å². The number of unbranched alkanes of at least 4 members (excludes halogenated alkanes) is 2. The van der Waals surface area contributed by atoms with Gasteiger partial charge < -0.3 is 14.6 Å². The molecule has 3 N–H and O–H groups in total. The standard InChI is InChI=1S/C54H64N6O19S3/c1-6-37(51(66)57(5)77-30-12-8-11-17-49(65)78-59-45(61)24-25-46(59)62)33-41-50(55-28-13-31-80(68,69)70)56-43(53(41,2)3)15-9-7-10-16-44-54(4,35-36-18-20-38(21-19-36)52(67)79-60-47(63)26-27-48(60)64)40-34-39(82(74,75)76)22-23-42(40)58(44)29-14-32-81(71,72)73/h6-7,9-10,15-16,18-23,33-34H,8,11-14,17,24-32,35H2,1-5H3,(H,68,69,70)(H,71,72,73)(H,74,75,76)/b10-7+,15-9+,37-6+,41-33+,44-16+,55-50-. The van der Waals surface area contributed by atoms with Crippen molar-refractivity contribution in [1.29, 1.82) is 0 Å². The molecular weight excluding hydrogens is 1130 g/mol. The van der Waals surface area contributed by atoms with Gasteiger partial charge in [-0.3, -0.25) is 47.5 Å². The number of anilines is 1. The largest absolute Gasteiger partial charge is 0.363 e. The number of allylic oxidation sites excluding steroid dienone is 7. The normalized spacial score (nSPS) is 20.1. The Labute approximate surface area is 474 Å². The predicted octanol–water partition coefficient (Wildman–Crippen LogP) is 5.34. The van der Waals surface area contributed by atoms with Crippen molar-refractivity contribution < 1.29 is 87.0 Å². The number of carbonyl (C=O) groups excluding carboxylic acids is 7. The van der Waals surface area contributed by atoms with Gasteiger partial charge >= 0.3 is 11.9 Å². The summed E-state index contributed by atoms with van der Waals surface area (Å²) in [5, 5.41) is 1.96. The van der Waals surface area contributed by atoms with Crippen molar-refractivity contribution in [2.45, 2.75) is 109 Å². The molecule has 5 amide bonds. The lowest BCUT2D eigenvalue weighted by Crippen LogP contribution is -2.32. The zero-order valence-corrected chi connectivity index (χ0v) is 48.1. The van der Waals surface area contributed by atoms with Crippen LogP contribution in [0.2, 0.25) is 0 Å². The van der Waals surface area contributed by atoms with Crippen LogP contribution in [0, 0.1) is 5.41 Å². The maximum Gasteiger partial charge on any atom is 0.363 e. The van der Waals surface area contributed by atoms with E-state index in [1.165, 1.54) is 37.4 Å². The molecule has 0 saturated carbocycles. The molecule has 28 heteroatoms. The number of benzene rings is 2. The number of likely N-dealkylation sites (N-methyl/N-ethyl adjacent to an activating group) is 1. The van der Waals surface area contributed by atoms with Crippen LogP contribution in [-0.4, -0.2) is 145 Å². The van der Waals surface area contributed by atoms with E-state index in [9.17, 15) is 72.5 Å². The SMILES string of the molecule is C\C=C(/C=C1\C(=N\CCCS(=O)(=O)O)N=C(/C=C/C=C/C=C2/N(CCCS(=O)(=O)O)c3ccc(S(=O)(=O)O)cc3C2(C)Cc2ccc(C(=O)ON3C(=O)CCC3=O)cc2)C1(C)C)C(=O)N(C)OCCCCCC(=O)ON1C(=O)CCC1=O. The number of imide groups is 2. The van der Waals surface area contributed by atoms with Crippen molar-refractivity contribution >= 4 is 89.1 Å². The Morgan fingerprint density at radius 3 is 1.98 bits per heavy atom. The van der Waals surface area contributed by atoms with E-state index < -0.39 is 99.1 Å². The van der Waals surface area contributed by atoms with E-state index in [-0.39, 0.29) is 88.0 Å². The average molecular weight is 1200 g/mol. The van der Waals surface area contributed by atoms with Crippen LogP contribution in [0.5, 0.6) is 0 Å². The van der Waals surface area contributed by atoms with E-state index in [4.69, 9.17) is 19.5 Å². The lowest BCUT2D eigenvalue weighted by molar-refractivity contribution is -0.197. The fourth-order valence-electron chi connectivity index (χ4n) is 9.34. The number of amides is 5. The number of rotatable bonds is 26. The number of carbonyl (C=O) groups is 7. The van der Waals surface area contributed by atoms with E-state index in [0.29, 0.717) is 63.2 Å². The van der Waals surface area contributed by atoms with Crippen LogP contribution in [0.1, 0.15) is 113 Å². The topological polar surface area (TPSA) is 348 Å². The summed E-state index contributed by atoms with van der Waals surface area (Å²) in [5.74, 6) is -5.66. The van der Waals surface area contributed by atoms with Crippen molar-refractivity contribution in [1.82, 2.24) is 15.2 Å². The van der Waals surface area contributed by atoms with Gasteiger partial charge in [-0.05, 0) is 106 Å². The van der Waals surface area contributed by atoms with Crippen LogP contribution in [0.3, 0.4) is 0 Å². The molecule has 2 aromatic rings. The number of amidine groups is 1. The van der Waals surface area contributed by atoms with Crippen molar-refractivity contribution in [3.05, 3.63) is 119 Å². The van der Waals surface area contributed by atoms with Crippen molar-refractivity contribution in [2.75, 3.05) is 43.1 Å². The average Bonchev–Trinajstić information content (AvgIpc) is 4.18. The number of hydrogen-bond acceptors (Lipinski definition) is 18. The van der Waals surface area contributed by atoms with E-state index in [0.717, 1.165) is 5.06 Å². The third-order valence-corrected chi connectivity index (χ3v) is 16.2. The Bertz CT molecular complexity index is 3420. The van der Waals surface area contributed by atoms with Crippen LogP contribution in [0.15, 0.2) is 117 Å². The minimum absolute atomic E-state index is 0.0147. The van der Waals surface area contributed by atoms with Crippen LogP contribution < -0.4 is 4.90 Å². The van der Waals surface area contributed by atoms with Crippen LogP contribution in [0.4, 0.5) is 5.69 Å². The molecule has 2 aromatic carbocycles. The third-order valence-electron chi connectivity index (χ3n) is 13.7. The molecule has 2 saturated heterocycles. The van der Waals surface area contributed by atoms with Gasteiger partial charge in [0.25, 0.3) is 59.9 Å². The molecule has 4 aliphatic heterocycles. The molecule has 82 heavy (non-hydrogen) atoms. The molecule has 1 unspecified atom stereocenters. The molecule has 6 rings (SSSR count). The molecule has 442 valence electrons. The second-order valence-corrected chi connectivity index (χ2v) is 24.7. The first-order chi connectivity index (χ1) is 38.4. The summed E-state index contributed by atoms with van der Waals surface area (Å²) in [5.41, 5.74) is 1.09. The highest BCUT2D eigenvalue weighted by Crippen LogP contribution is 2.51. The summed E-state index contributed by atoms with van der Waals surface area (Å²) in [4.78, 5) is 113. The Kier molecular flexibility index (Phi) is 20.8. The van der Waals surface area contributed by atoms with E-state index in [1.54, 1.807) is 73.4 Å². The molecule has 25 nitrogen and oxygen atoms in total. The zero-order valence-electron chi connectivity index (χ0n) is 45.7. The fraction of sp³-hybridized carbons (Fsp3) is 0.426. The smallest absolute Gasteiger partial charge is 0.344 e. The van der Waals surface area contributed by atoms with Gasteiger partial charge in [0.05, 0.1) is 34.3 Å². The van der Waals surface area contributed by atoms with Gasteiger partial charge in [-0.25, -0.2) is 19.6 Å². The third kappa shape index (κ3) is 16.4. The maximum absolute atomic E-state index is 13.8. The van der Waals surface area contributed by atoms with Gasteiger partial charge in [-0.2, -0.15) is 25.3 Å². The molecule has 0 aliphatic carbocycles. The second-order valence-electron chi connectivity index (χ2n) is 20.2. The first-order valence-corrected chi connectivity index (χ1v) is 30.6. The number of hydroxylamine groups is 6. The van der Waals surface area contributed by atoms with Crippen LogP contribution >= 0.6 is 0 Å². The van der Waals surface area contributed by atoms with Gasteiger partial charge in [-0.15, -0.1) is 10.1 Å². The molecule has 0 aromatic heterocycles. The highest BCUT2D eigenvalue weighted by Gasteiger charge is 2.45. The summed E-state index contributed by atoms with van der Waals surface area (Å²) in [7, 11) is -12.0. The molecule has 2 fully saturated rings. The van der Waals surface area contributed by atoms with E-state index in [1.807, 2.05) is 13.8 Å². The molecule has 1 atom stereocenters. The Morgan fingerprint density at radius 1 is 0.768 bits per heavy atom. The predicted molar refractivity (Wildman–Crippen MR) is 296 cm³/mol. The first kappa shape index (κ1) is 63.8. The number of nitrogens with zero attached hydrogens (tertiary/aromatic N) is 6. The zero-order chi connectivity index (χ0) is 60.4. The van der Waals surface area contributed by atoms with Crippen LogP contribution in [0.25, 0.3) is 0 Å². The summed E-state index contributed by atoms with van der Waals surface area (Å²) < 4.78 is 101. The summed E-state index contributed by atoms with van der Waals surface area (Å²) in [6, 6.07) is 10.0. The molecule has 0 bridgehead atoms. The van der Waals surface area contributed by atoms with Gasteiger partial charge in [0, 0.05) is 85.6 Å². The van der Waals surface area contributed by atoms with E-state index >= 15 is 0 Å². The molecule has 0 spiro atoms. The van der Waals surface area contributed by atoms with Gasteiger partial charge in [0.2, 0.25) is 0 Å². The quantitative estimate of drug-likeness (QED) is 0.0267. The molecule has 4 heterocycles. The molecular formula is C54H64N6O19S3. The number of hydrogen-bond donors (Lipinski definition) is 3. The fourth-order valence-corrected chi connectivity index (χ4v) is 10.8. The van der Waals surface area contributed by atoms with Crippen molar-refractivity contribution in [3.8, 4) is 0 Å². The Hall–Kier alpha value is -7.34. The summed E-state index contributed by atoms with van der Waals surface area (Å²) >= 11 is 0. The number of fused-ring (bicyclic) bond motifs is 1. The lowest BCUT2D eigenvalue weighted by Gasteiger charge is -2.30. The minimum atomic E-state index is -4.73. The Morgan fingerprint density at radius 2 is 1.38 bits per heavy atom. The maximum atomic E-state index is 13.8. The Balaban J connectivity index is 1.24. The van der Waals surface area contributed by atoms with Gasteiger partial charge in [0.15, 0.2) is 5.84 Å². The van der Waals surface area contributed by atoms with Crippen LogP contribution in [-0.2, 0) is 85.5 Å². The highest BCUT2D eigenvalue weighted by molar-refractivity contribution is 7.86. The lowest BCUT2D eigenvalue weighted by atomic mass is 9.76. The summed E-state index contributed by atoms with van der Waals surface area (Å²) in [6.45, 7) is 7.17. The van der Waals surface area contributed by atoms with Gasteiger partial charge in [-0.1, -0.05) is 56.7 Å². The first-order valence-electron chi connectivity index (χ1n) is 26.0. The monoisotopic (exact) mass is 1200 g/mol. The summed E-state index contributed by atoms with van der Waals surface area (Å²) in [6.07, 6.45) is 12.6. The minimum Gasteiger partial charge on any atom is -0.344 e. The molecule has 0 radical (unpaired) electrons. The van der Waals surface area contributed by atoms with Gasteiger partial charge in [0.1, 0.15) is 0 Å². The van der Waals surface area contributed by atoms with Crippen molar-refractivity contribution in [3.63, 3.8) is 0 Å². The second kappa shape index (κ2) is 26.7.